The number of nitrogens with zero attached hydrogens (tertiary/aromatic N) is 1. The number of fused-ring (bicyclic) bond motifs is 3. The Kier molecular flexibility index (Phi) is 3.18. The summed E-state index contributed by atoms with van der Waals surface area (Å²) in [6.07, 6.45) is 1.10. The maximum absolute atomic E-state index is 12.2. The van der Waals surface area contributed by atoms with Crippen molar-refractivity contribution in [1.29, 1.82) is 0 Å². The number of pyridine rings is 1. The second-order valence-corrected chi connectivity index (χ2v) is 5.18. The van der Waals surface area contributed by atoms with E-state index in [1.807, 2.05) is 0 Å². The van der Waals surface area contributed by atoms with Crippen molar-refractivity contribution in [1.82, 2.24) is 10.3 Å². The van der Waals surface area contributed by atoms with Crippen LogP contribution in [0, 0.1) is 5.92 Å². The van der Waals surface area contributed by atoms with Gasteiger partial charge in [0.1, 0.15) is 11.4 Å². The van der Waals surface area contributed by atoms with Gasteiger partial charge in [-0.3, -0.25) is 0 Å². The number of rotatable bonds is 3. The van der Waals surface area contributed by atoms with Gasteiger partial charge >= 0.3 is 17.9 Å². The second-order valence-electron chi connectivity index (χ2n) is 5.18. The lowest BCUT2D eigenvalue weighted by molar-refractivity contribution is -0.249. The first-order valence-corrected chi connectivity index (χ1v) is 6.56. The minimum absolute atomic E-state index is 0.159. The lowest BCUT2D eigenvalue weighted by atomic mass is 9.83. The van der Waals surface area contributed by atoms with Crippen LogP contribution < -0.4 is 10.4 Å². The number of carboxylic acids is 3. The van der Waals surface area contributed by atoms with Gasteiger partial charge in [0.05, 0.1) is 29.0 Å². The van der Waals surface area contributed by atoms with Gasteiger partial charge in [0.25, 0.3) is 0 Å². The molecule has 1 aromatic rings. The van der Waals surface area contributed by atoms with Crippen molar-refractivity contribution >= 4 is 23.7 Å². The highest BCUT2D eigenvalue weighted by molar-refractivity contribution is 5.96. The standard InChI is InChI=1S/C14H10N2O8/c17-10-4-2-6(14(23)24)15-8(4)7-3(12(19)20)1-5(13(21)22)16-9(7)11(10)18/h1-2,4,8,15,17-18H,(H,19,20)(H,21,22)(H,23,24)/p-1. The van der Waals surface area contributed by atoms with Gasteiger partial charge in [-0.25, -0.2) is 19.4 Å². The van der Waals surface area contributed by atoms with Crippen LogP contribution in [-0.2, 0) is 4.79 Å². The molecular weight excluding hydrogens is 324 g/mol. The molecule has 0 aromatic carbocycles. The van der Waals surface area contributed by atoms with Crippen molar-refractivity contribution in [3.63, 3.8) is 0 Å². The molecule has 2 atom stereocenters. The summed E-state index contributed by atoms with van der Waals surface area (Å²) in [6.45, 7) is 0. The molecule has 0 radical (unpaired) electrons. The molecule has 2 unspecified atom stereocenters. The molecular formula is C14H9N2O8-. The third-order valence-electron chi connectivity index (χ3n) is 3.83. The maximum atomic E-state index is 12.2. The molecule has 0 amide bonds. The van der Waals surface area contributed by atoms with E-state index in [1.54, 1.807) is 0 Å². The molecule has 1 aromatic heterocycles. The number of aliphatic carboxylic acids is 1. The zero-order chi connectivity index (χ0) is 17.8. The van der Waals surface area contributed by atoms with Gasteiger partial charge in [-0.05, 0) is 17.9 Å². The predicted molar refractivity (Wildman–Crippen MR) is 72.8 cm³/mol. The zero-order valence-corrected chi connectivity index (χ0v) is 11.7. The summed E-state index contributed by atoms with van der Waals surface area (Å²) < 4.78 is 0. The average molecular weight is 333 g/mol. The first kappa shape index (κ1) is 15.3. The van der Waals surface area contributed by atoms with Gasteiger partial charge < -0.3 is 30.8 Å². The Balaban J connectivity index is 2.29. The first-order chi connectivity index (χ1) is 11.2. The summed E-state index contributed by atoms with van der Waals surface area (Å²) in [6, 6.07) is -0.262. The number of aromatic nitrogens is 1. The van der Waals surface area contributed by atoms with Crippen molar-refractivity contribution in [2.45, 2.75) is 6.04 Å². The SMILES string of the molecule is O=C(O)C1=CC2C(O)=C([O-])c3nc(C(=O)O)cc(C(=O)O)c3C2N1. The quantitative estimate of drug-likeness (QED) is 0.475. The Morgan fingerprint density at radius 1 is 1.12 bits per heavy atom. The minimum Gasteiger partial charge on any atom is -0.869 e. The minimum atomic E-state index is -1.54. The molecule has 1 aliphatic heterocycles. The molecule has 0 saturated carbocycles. The smallest absolute Gasteiger partial charge is 0.354 e. The van der Waals surface area contributed by atoms with E-state index in [1.165, 1.54) is 0 Å². The van der Waals surface area contributed by atoms with Crippen LogP contribution in [0.2, 0.25) is 0 Å². The van der Waals surface area contributed by atoms with Crippen LogP contribution in [0.3, 0.4) is 0 Å². The lowest BCUT2D eigenvalue weighted by Gasteiger charge is -2.33. The summed E-state index contributed by atoms with van der Waals surface area (Å²) in [4.78, 5) is 37.3. The van der Waals surface area contributed by atoms with Crippen LogP contribution in [0.25, 0.3) is 5.76 Å². The van der Waals surface area contributed by atoms with Gasteiger partial charge in [-0.1, -0.05) is 0 Å². The molecule has 2 heterocycles. The molecule has 3 rings (SSSR count). The first-order valence-electron chi connectivity index (χ1n) is 6.56. The van der Waals surface area contributed by atoms with E-state index >= 15 is 0 Å². The molecule has 5 N–H and O–H groups in total. The van der Waals surface area contributed by atoms with Crippen LogP contribution in [-0.4, -0.2) is 43.3 Å². The fourth-order valence-corrected chi connectivity index (χ4v) is 2.80. The number of hydrogen-bond acceptors (Lipinski definition) is 7. The van der Waals surface area contributed by atoms with E-state index in [0.29, 0.717) is 0 Å². The third kappa shape index (κ3) is 2.04. The average Bonchev–Trinajstić information content (AvgIpc) is 2.96. The Labute approximate surface area is 133 Å². The summed E-state index contributed by atoms with van der Waals surface area (Å²) in [5.74, 6) is -7.25. The summed E-state index contributed by atoms with van der Waals surface area (Å²) >= 11 is 0. The summed E-state index contributed by atoms with van der Waals surface area (Å²) in [7, 11) is 0. The van der Waals surface area contributed by atoms with Gasteiger partial charge in [-0.2, -0.15) is 0 Å². The highest BCUT2D eigenvalue weighted by Gasteiger charge is 2.41. The van der Waals surface area contributed by atoms with Gasteiger partial charge in [0.15, 0.2) is 0 Å². The van der Waals surface area contributed by atoms with E-state index in [2.05, 4.69) is 10.3 Å². The molecule has 0 spiro atoms. The normalized spacial score (nSPS) is 21.4. The van der Waals surface area contributed by atoms with E-state index < -0.39 is 58.3 Å². The molecule has 10 heteroatoms. The summed E-state index contributed by atoms with van der Waals surface area (Å²) in [5, 5.41) is 52.2. The Morgan fingerprint density at radius 3 is 2.33 bits per heavy atom. The number of carboxylic acid groups (broad SMARTS) is 3. The monoisotopic (exact) mass is 333 g/mol. The topological polar surface area (TPSA) is 180 Å². The van der Waals surface area contributed by atoms with Crippen LogP contribution in [0.5, 0.6) is 0 Å². The Morgan fingerprint density at radius 2 is 1.79 bits per heavy atom. The largest absolute Gasteiger partial charge is 0.869 e. The third-order valence-corrected chi connectivity index (χ3v) is 3.83. The molecule has 2 aliphatic rings. The fourth-order valence-electron chi connectivity index (χ4n) is 2.80. The van der Waals surface area contributed by atoms with Crippen molar-refractivity contribution in [3.8, 4) is 0 Å². The number of aliphatic hydroxyl groups is 1. The maximum Gasteiger partial charge on any atom is 0.354 e. The highest BCUT2D eigenvalue weighted by atomic mass is 16.4. The molecule has 0 saturated heterocycles. The molecule has 124 valence electrons. The van der Waals surface area contributed by atoms with E-state index in [9.17, 15) is 29.7 Å². The molecule has 10 nitrogen and oxygen atoms in total. The van der Waals surface area contributed by atoms with Crippen molar-refractivity contribution in [2.75, 3.05) is 0 Å². The van der Waals surface area contributed by atoms with Crippen molar-refractivity contribution < 1.29 is 39.9 Å². The lowest BCUT2D eigenvalue weighted by Crippen LogP contribution is -2.33. The summed E-state index contributed by atoms with van der Waals surface area (Å²) in [5.41, 5.74) is -2.17. The number of hydrogen-bond donors (Lipinski definition) is 5. The zero-order valence-electron chi connectivity index (χ0n) is 11.7. The number of aromatic carboxylic acids is 2. The van der Waals surface area contributed by atoms with Gasteiger partial charge in [0.2, 0.25) is 0 Å². The van der Waals surface area contributed by atoms with Gasteiger partial charge in [-0.15, -0.1) is 0 Å². The van der Waals surface area contributed by atoms with E-state index in [-0.39, 0.29) is 11.3 Å². The number of aliphatic hydroxyl groups excluding tert-OH is 1. The molecule has 0 bridgehead atoms. The fraction of sp³-hybridized carbons (Fsp3) is 0.143. The predicted octanol–water partition coefficient (Wildman–Crippen LogP) is -0.692. The molecule has 1 aliphatic carbocycles. The van der Waals surface area contributed by atoms with E-state index in [4.69, 9.17) is 10.2 Å². The number of nitrogens with one attached hydrogen (secondary N) is 1. The van der Waals surface area contributed by atoms with Crippen LogP contribution in [0.15, 0.2) is 23.6 Å². The molecule has 0 fully saturated rings. The van der Waals surface area contributed by atoms with E-state index in [0.717, 1.165) is 12.1 Å². The number of carbonyl (C=O) groups is 3. The van der Waals surface area contributed by atoms with Crippen molar-refractivity contribution in [2.24, 2.45) is 5.92 Å². The Bertz CT molecular complexity index is 870. The van der Waals surface area contributed by atoms with Crippen molar-refractivity contribution in [3.05, 3.63) is 46.1 Å². The Hall–Kier alpha value is -3.56. The van der Waals surface area contributed by atoms with Crippen LogP contribution in [0.1, 0.15) is 38.1 Å². The van der Waals surface area contributed by atoms with Crippen LogP contribution >= 0.6 is 0 Å². The van der Waals surface area contributed by atoms with Crippen LogP contribution in [0.4, 0.5) is 0 Å². The van der Waals surface area contributed by atoms with Gasteiger partial charge in [0, 0.05) is 5.56 Å². The molecule has 24 heavy (non-hydrogen) atoms. The second kappa shape index (κ2) is 4.98. The highest BCUT2D eigenvalue weighted by Crippen LogP contribution is 2.43.